The molecule has 0 saturated heterocycles. The lowest BCUT2D eigenvalue weighted by molar-refractivity contribution is 0.358. The van der Waals surface area contributed by atoms with E-state index in [9.17, 15) is 0 Å². The average molecular weight is 215 g/mol. The van der Waals surface area contributed by atoms with Gasteiger partial charge in [0.15, 0.2) is 0 Å². The van der Waals surface area contributed by atoms with Gasteiger partial charge in [-0.15, -0.1) is 0 Å². The van der Waals surface area contributed by atoms with Gasteiger partial charge in [-0.25, -0.2) is 0 Å². The molecule has 2 aliphatic rings. The molecule has 1 aromatic rings. The molecule has 3 rings (SSSR count). The highest BCUT2D eigenvalue weighted by Crippen LogP contribution is 2.21. The molecular formula is C14H17NO. The molecule has 2 heteroatoms. The van der Waals surface area contributed by atoms with Gasteiger partial charge in [-0.3, -0.25) is 0 Å². The summed E-state index contributed by atoms with van der Waals surface area (Å²) in [6, 6.07) is 8.03. The molecule has 2 nitrogen and oxygen atoms in total. The molecule has 0 fully saturated rings. The Hall–Kier alpha value is -1.70. The lowest BCUT2D eigenvalue weighted by Gasteiger charge is -2.10. The second kappa shape index (κ2) is 6.01. The van der Waals surface area contributed by atoms with Crippen molar-refractivity contribution >= 4 is 6.08 Å². The van der Waals surface area contributed by atoms with Crippen molar-refractivity contribution in [3.8, 4) is 5.75 Å². The Morgan fingerprint density at radius 2 is 2.06 bits per heavy atom. The largest absolute Gasteiger partial charge is 0.489 e. The third-order valence-electron chi connectivity index (χ3n) is 2.48. The molecular weight excluding hydrogens is 198 g/mol. The first kappa shape index (κ1) is 10.8. The Morgan fingerprint density at radius 3 is 2.69 bits per heavy atom. The average Bonchev–Trinajstić information content (AvgIpc) is 2.42. The van der Waals surface area contributed by atoms with Gasteiger partial charge in [0.2, 0.25) is 0 Å². The fourth-order valence-corrected chi connectivity index (χ4v) is 1.63. The number of benzene rings is 1. The van der Waals surface area contributed by atoms with Crippen LogP contribution in [0.1, 0.15) is 18.4 Å². The molecule has 2 aliphatic heterocycles. The lowest BCUT2D eigenvalue weighted by atomic mass is 10.1. The van der Waals surface area contributed by atoms with Crippen LogP contribution in [0.5, 0.6) is 5.75 Å². The van der Waals surface area contributed by atoms with Crippen molar-refractivity contribution in [2.24, 2.45) is 0 Å². The van der Waals surface area contributed by atoms with Crippen molar-refractivity contribution in [2.75, 3.05) is 13.2 Å². The zero-order valence-corrected chi connectivity index (χ0v) is 9.36. The standard InChI is InChI=1S/C9H8O.C5H9N/c1-2-6-9-8(4-1)5-3-7-10-9;1-2-4-6-5-3-1/h1-6H,7H2;2,4,6H,1,3,5H2. The van der Waals surface area contributed by atoms with Crippen LogP contribution in [-0.4, -0.2) is 13.2 Å². The Morgan fingerprint density at radius 1 is 1.12 bits per heavy atom. The molecule has 2 heterocycles. The number of para-hydroxylation sites is 1. The van der Waals surface area contributed by atoms with E-state index in [1.165, 1.54) is 18.4 Å². The minimum Gasteiger partial charge on any atom is -0.489 e. The van der Waals surface area contributed by atoms with Crippen LogP contribution in [0.25, 0.3) is 6.08 Å². The van der Waals surface area contributed by atoms with E-state index in [-0.39, 0.29) is 0 Å². The molecule has 0 aromatic heterocycles. The summed E-state index contributed by atoms with van der Waals surface area (Å²) < 4.78 is 5.34. The Labute approximate surface area is 96.6 Å². The van der Waals surface area contributed by atoms with Crippen LogP contribution in [0.3, 0.4) is 0 Å². The lowest BCUT2D eigenvalue weighted by Crippen LogP contribution is -2.09. The highest BCUT2D eigenvalue weighted by Gasteiger charge is 2.01. The van der Waals surface area contributed by atoms with Gasteiger partial charge in [0.1, 0.15) is 12.4 Å². The summed E-state index contributed by atoms with van der Waals surface area (Å²) >= 11 is 0. The van der Waals surface area contributed by atoms with E-state index in [1.54, 1.807) is 0 Å². The predicted molar refractivity (Wildman–Crippen MR) is 67.3 cm³/mol. The van der Waals surface area contributed by atoms with Gasteiger partial charge >= 0.3 is 0 Å². The fourth-order valence-electron chi connectivity index (χ4n) is 1.63. The van der Waals surface area contributed by atoms with Crippen molar-refractivity contribution in [1.82, 2.24) is 5.32 Å². The Balaban J connectivity index is 0.000000138. The minimum atomic E-state index is 0.705. The second-order valence-corrected chi connectivity index (χ2v) is 3.75. The first-order chi connectivity index (χ1) is 7.97. The van der Waals surface area contributed by atoms with Gasteiger partial charge < -0.3 is 10.1 Å². The van der Waals surface area contributed by atoms with Crippen LogP contribution >= 0.6 is 0 Å². The van der Waals surface area contributed by atoms with Crippen LogP contribution in [0.2, 0.25) is 0 Å². The normalized spacial score (nSPS) is 16.2. The highest BCUT2D eigenvalue weighted by molar-refractivity contribution is 5.58. The van der Waals surface area contributed by atoms with Crippen LogP contribution in [0, 0.1) is 0 Å². The molecule has 16 heavy (non-hydrogen) atoms. The summed E-state index contributed by atoms with van der Waals surface area (Å²) in [6.07, 6.45) is 10.8. The first-order valence-corrected chi connectivity index (χ1v) is 5.73. The fraction of sp³-hybridized carbons (Fsp3) is 0.286. The summed E-state index contributed by atoms with van der Waals surface area (Å²) in [5, 5.41) is 3.10. The molecule has 1 N–H and O–H groups in total. The van der Waals surface area contributed by atoms with Crippen molar-refractivity contribution in [2.45, 2.75) is 12.8 Å². The van der Waals surface area contributed by atoms with Gasteiger partial charge in [-0.05, 0) is 31.2 Å². The van der Waals surface area contributed by atoms with Crippen LogP contribution in [-0.2, 0) is 0 Å². The summed E-state index contributed by atoms with van der Waals surface area (Å²) in [6.45, 7) is 1.87. The smallest absolute Gasteiger partial charge is 0.126 e. The zero-order valence-electron chi connectivity index (χ0n) is 9.36. The molecule has 0 spiro atoms. The topological polar surface area (TPSA) is 21.3 Å². The van der Waals surface area contributed by atoms with Crippen molar-refractivity contribution in [3.63, 3.8) is 0 Å². The monoisotopic (exact) mass is 215 g/mol. The number of nitrogens with one attached hydrogen (secondary N) is 1. The van der Waals surface area contributed by atoms with Crippen LogP contribution < -0.4 is 10.1 Å². The predicted octanol–water partition coefficient (Wildman–Crippen LogP) is 2.98. The molecule has 0 amide bonds. The maximum atomic E-state index is 5.34. The SMILES string of the molecule is C1=CNCCC1.C1=Cc2ccccc2OC1. The van der Waals surface area contributed by atoms with E-state index in [0.29, 0.717) is 6.61 Å². The first-order valence-electron chi connectivity index (χ1n) is 5.73. The number of fused-ring (bicyclic) bond motifs is 1. The van der Waals surface area contributed by atoms with Crippen LogP contribution in [0.4, 0.5) is 0 Å². The van der Waals surface area contributed by atoms with E-state index < -0.39 is 0 Å². The van der Waals surface area contributed by atoms with Crippen LogP contribution in [0.15, 0.2) is 42.6 Å². The Bertz CT molecular complexity index is 374. The van der Waals surface area contributed by atoms with Gasteiger partial charge in [-0.1, -0.05) is 30.4 Å². The molecule has 0 saturated carbocycles. The number of ether oxygens (including phenoxy) is 1. The molecule has 84 valence electrons. The molecule has 0 radical (unpaired) electrons. The highest BCUT2D eigenvalue weighted by atomic mass is 16.5. The summed E-state index contributed by atoms with van der Waals surface area (Å²) in [5.74, 6) is 0.991. The van der Waals surface area contributed by atoms with Gasteiger partial charge in [0, 0.05) is 12.1 Å². The maximum Gasteiger partial charge on any atom is 0.126 e. The van der Waals surface area contributed by atoms with Crippen molar-refractivity contribution in [3.05, 3.63) is 48.2 Å². The number of hydrogen-bond donors (Lipinski definition) is 1. The maximum absolute atomic E-state index is 5.34. The van der Waals surface area contributed by atoms with E-state index in [0.717, 1.165) is 12.3 Å². The second-order valence-electron chi connectivity index (χ2n) is 3.75. The number of hydrogen-bond acceptors (Lipinski definition) is 2. The van der Waals surface area contributed by atoms with Crippen molar-refractivity contribution in [1.29, 1.82) is 0 Å². The van der Waals surface area contributed by atoms with E-state index in [1.807, 2.05) is 36.5 Å². The molecule has 0 bridgehead atoms. The summed E-state index contributed by atoms with van der Waals surface area (Å²) in [5.41, 5.74) is 1.17. The number of rotatable bonds is 0. The van der Waals surface area contributed by atoms with Crippen molar-refractivity contribution < 1.29 is 4.74 Å². The molecule has 1 aromatic carbocycles. The van der Waals surface area contributed by atoms with E-state index in [4.69, 9.17) is 4.74 Å². The summed E-state index contributed by atoms with van der Waals surface area (Å²) in [4.78, 5) is 0. The van der Waals surface area contributed by atoms with E-state index in [2.05, 4.69) is 17.5 Å². The molecule has 0 unspecified atom stereocenters. The third-order valence-corrected chi connectivity index (χ3v) is 2.48. The summed E-state index contributed by atoms with van der Waals surface area (Å²) in [7, 11) is 0. The number of allylic oxidation sites excluding steroid dienone is 1. The van der Waals surface area contributed by atoms with Gasteiger partial charge in [-0.2, -0.15) is 0 Å². The molecule has 0 atom stereocenters. The molecule has 0 aliphatic carbocycles. The Kier molecular flexibility index (Phi) is 4.06. The zero-order chi connectivity index (χ0) is 11.1. The minimum absolute atomic E-state index is 0.705. The van der Waals surface area contributed by atoms with Gasteiger partial charge in [0.25, 0.3) is 0 Å². The third kappa shape index (κ3) is 3.16. The van der Waals surface area contributed by atoms with Gasteiger partial charge in [0.05, 0.1) is 0 Å². The van der Waals surface area contributed by atoms with E-state index >= 15 is 0 Å². The quantitative estimate of drug-likeness (QED) is 0.718.